The Kier molecular flexibility index (Phi) is 5.65. The van der Waals surface area contributed by atoms with Crippen molar-refractivity contribution in [1.29, 1.82) is 0 Å². The first-order chi connectivity index (χ1) is 10.5. The number of rotatable bonds is 3. The molecule has 1 saturated carbocycles. The standard InChI is InChI=1S/C17H23N3O2.ClH/c1-11-8-15(11)16(21)19-14-6-2-4-12(9-14)17(22)20-7-3-5-13(18)10-20;/h2,4,6,9,11,13,15H,3,5,7-8,10,18H2,1H3,(H,19,21);1H. The zero-order chi connectivity index (χ0) is 15.7. The lowest BCUT2D eigenvalue weighted by Gasteiger charge is -2.30. The Bertz CT molecular complexity index is 593. The fourth-order valence-electron chi connectivity index (χ4n) is 3.03. The monoisotopic (exact) mass is 337 g/mol. The summed E-state index contributed by atoms with van der Waals surface area (Å²) >= 11 is 0. The Hall–Kier alpha value is -1.59. The van der Waals surface area contributed by atoms with Crippen LogP contribution in [0.5, 0.6) is 0 Å². The highest BCUT2D eigenvalue weighted by atomic mass is 35.5. The Morgan fingerprint density at radius 1 is 1.35 bits per heavy atom. The number of nitrogens with zero attached hydrogens (tertiary/aromatic N) is 1. The molecule has 1 heterocycles. The van der Waals surface area contributed by atoms with E-state index >= 15 is 0 Å². The summed E-state index contributed by atoms with van der Waals surface area (Å²) in [5.74, 6) is 0.641. The van der Waals surface area contributed by atoms with Crippen LogP contribution in [0.2, 0.25) is 0 Å². The van der Waals surface area contributed by atoms with Crippen LogP contribution < -0.4 is 11.1 Å². The second-order valence-corrected chi connectivity index (χ2v) is 6.54. The van der Waals surface area contributed by atoms with Gasteiger partial charge >= 0.3 is 0 Å². The molecule has 1 aromatic carbocycles. The van der Waals surface area contributed by atoms with Crippen LogP contribution in [0, 0.1) is 11.8 Å². The van der Waals surface area contributed by atoms with Gasteiger partial charge in [-0.15, -0.1) is 12.4 Å². The molecular formula is C17H24ClN3O2. The lowest BCUT2D eigenvalue weighted by molar-refractivity contribution is -0.117. The van der Waals surface area contributed by atoms with E-state index in [2.05, 4.69) is 12.2 Å². The average Bonchev–Trinajstić information content (AvgIpc) is 3.24. The third-order valence-electron chi connectivity index (χ3n) is 4.57. The highest BCUT2D eigenvalue weighted by Crippen LogP contribution is 2.38. The lowest BCUT2D eigenvalue weighted by atomic mass is 10.1. The molecule has 0 spiro atoms. The van der Waals surface area contributed by atoms with Gasteiger partial charge in [0.25, 0.3) is 5.91 Å². The summed E-state index contributed by atoms with van der Waals surface area (Å²) in [4.78, 5) is 26.3. The van der Waals surface area contributed by atoms with Gasteiger partial charge in [0.2, 0.25) is 5.91 Å². The number of piperidine rings is 1. The summed E-state index contributed by atoms with van der Waals surface area (Å²) < 4.78 is 0. The van der Waals surface area contributed by atoms with Crippen LogP contribution in [0.15, 0.2) is 24.3 Å². The van der Waals surface area contributed by atoms with Crippen molar-refractivity contribution >= 4 is 29.9 Å². The number of benzene rings is 1. The van der Waals surface area contributed by atoms with Gasteiger partial charge in [0.05, 0.1) is 0 Å². The molecule has 1 aromatic rings. The lowest BCUT2D eigenvalue weighted by Crippen LogP contribution is -2.45. The maximum Gasteiger partial charge on any atom is 0.253 e. The molecule has 6 heteroatoms. The van der Waals surface area contributed by atoms with E-state index in [1.54, 1.807) is 17.0 Å². The summed E-state index contributed by atoms with van der Waals surface area (Å²) in [6, 6.07) is 7.25. The van der Waals surface area contributed by atoms with Crippen LogP contribution >= 0.6 is 12.4 Å². The Morgan fingerprint density at radius 3 is 2.74 bits per heavy atom. The smallest absolute Gasteiger partial charge is 0.253 e. The number of nitrogens with one attached hydrogen (secondary N) is 1. The molecule has 3 rings (SSSR count). The number of anilines is 1. The van der Waals surface area contributed by atoms with Crippen molar-refractivity contribution in [1.82, 2.24) is 4.90 Å². The van der Waals surface area contributed by atoms with Crippen LogP contribution in [0.4, 0.5) is 5.69 Å². The molecule has 0 bridgehead atoms. The molecule has 3 unspecified atom stereocenters. The zero-order valence-corrected chi connectivity index (χ0v) is 14.1. The normalized spacial score (nSPS) is 26.2. The highest BCUT2D eigenvalue weighted by molar-refractivity contribution is 5.98. The van der Waals surface area contributed by atoms with E-state index < -0.39 is 0 Å². The van der Waals surface area contributed by atoms with Gasteiger partial charge in [-0.05, 0) is 43.4 Å². The van der Waals surface area contributed by atoms with E-state index in [0.717, 1.165) is 25.8 Å². The molecule has 1 saturated heterocycles. The van der Waals surface area contributed by atoms with Crippen molar-refractivity contribution in [3.05, 3.63) is 29.8 Å². The molecule has 0 aromatic heterocycles. The molecule has 1 aliphatic heterocycles. The van der Waals surface area contributed by atoms with Gasteiger partial charge in [-0.25, -0.2) is 0 Å². The molecule has 126 valence electrons. The van der Waals surface area contributed by atoms with E-state index in [4.69, 9.17) is 5.73 Å². The fraction of sp³-hybridized carbons (Fsp3) is 0.529. The van der Waals surface area contributed by atoms with Crippen molar-refractivity contribution in [3.63, 3.8) is 0 Å². The van der Waals surface area contributed by atoms with Gasteiger partial charge in [-0.1, -0.05) is 13.0 Å². The Balaban J connectivity index is 0.00000192. The maximum absolute atomic E-state index is 12.5. The minimum absolute atomic E-state index is 0. The number of hydrogen-bond acceptors (Lipinski definition) is 3. The fourth-order valence-corrected chi connectivity index (χ4v) is 3.03. The van der Waals surface area contributed by atoms with Crippen LogP contribution in [0.1, 0.15) is 36.5 Å². The first kappa shape index (κ1) is 17.8. The molecule has 3 atom stereocenters. The van der Waals surface area contributed by atoms with Gasteiger partial charge in [-0.3, -0.25) is 9.59 Å². The van der Waals surface area contributed by atoms with Crippen molar-refractivity contribution in [3.8, 4) is 0 Å². The van der Waals surface area contributed by atoms with Gasteiger partial charge in [-0.2, -0.15) is 0 Å². The maximum atomic E-state index is 12.5. The summed E-state index contributed by atoms with van der Waals surface area (Å²) in [5.41, 5.74) is 7.24. The van der Waals surface area contributed by atoms with Gasteiger partial charge in [0.1, 0.15) is 0 Å². The number of nitrogens with two attached hydrogens (primary N) is 1. The van der Waals surface area contributed by atoms with E-state index in [0.29, 0.717) is 23.7 Å². The molecule has 1 aliphatic carbocycles. The third kappa shape index (κ3) is 4.24. The predicted octanol–water partition coefficient (Wildman–Crippen LogP) is 2.27. The molecule has 3 N–H and O–H groups in total. The van der Waals surface area contributed by atoms with E-state index in [1.165, 1.54) is 0 Å². The molecule has 0 radical (unpaired) electrons. The van der Waals surface area contributed by atoms with E-state index in [1.807, 2.05) is 12.1 Å². The second-order valence-electron chi connectivity index (χ2n) is 6.54. The third-order valence-corrected chi connectivity index (χ3v) is 4.57. The zero-order valence-electron chi connectivity index (χ0n) is 13.3. The Labute approximate surface area is 143 Å². The van der Waals surface area contributed by atoms with Crippen molar-refractivity contribution < 1.29 is 9.59 Å². The number of amides is 2. The summed E-state index contributed by atoms with van der Waals surface area (Å²) in [6.07, 6.45) is 2.87. The van der Waals surface area contributed by atoms with Crippen LogP contribution in [0.25, 0.3) is 0 Å². The largest absolute Gasteiger partial charge is 0.337 e. The number of hydrogen-bond donors (Lipinski definition) is 2. The first-order valence-corrected chi connectivity index (χ1v) is 8.00. The van der Waals surface area contributed by atoms with Crippen LogP contribution in [-0.2, 0) is 4.79 Å². The van der Waals surface area contributed by atoms with Crippen molar-refractivity contribution in [2.45, 2.75) is 32.2 Å². The molecule has 5 nitrogen and oxygen atoms in total. The van der Waals surface area contributed by atoms with Gasteiger partial charge in [0, 0.05) is 36.3 Å². The van der Waals surface area contributed by atoms with Crippen LogP contribution in [0.3, 0.4) is 0 Å². The summed E-state index contributed by atoms with van der Waals surface area (Å²) in [7, 11) is 0. The van der Waals surface area contributed by atoms with E-state index in [-0.39, 0.29) is 36.2 Å². The van der Waals surface area contributed by atoms with Gasteiger partial charge in [0.15, 0.2) is 0 Å². The predicted molar refractivity (Wildman–Crippen MR) is 92.7 cm³/mol. The molecule has 2 fully saturated rings. The molecule has 23 heavy (non-hydrogen) atoms. The number of halogens is 1. The minimum Gasteiger partial charge on any atom is -0.337 e. The molecular weight excluding hydrogens is 314 g/mol. The SMILES string of the molecule is CC1CC1C(=O)Nc1cccc(C(=O)N2CCCC(N)C2)c1.Cl. The quantitative estimate of drug-likeness (QED) is 0.888. The average molecular weight is 338 g/mol. The Morgan fingerprint density at radius 2 is 2.09 bits per heavy atom. The van der Waals surface area contributed by atoms with E-state index in [9.17, 15) is 9.59 Å². The number of carbonyl (C=O) groups is 2. The van der Waals surface area contributed by atoms with Crippen molar-refractivity contribution in [2.24, 2.45) is 17.6 Å². The van der Waals surface area contributed by atoms with Gasteiger partial charge < -0.3 is 16.0 Å². The van der Waals surface area contributed by atoms with Crippen molar-refractivity contribution in [2.75, 3.05) is 18.4 Å². The van der Waals surface area contributed by atoms with Crippen LogP contribution in [-0.4, -0.2) is 35.8 Å². The highest BCUT2D eigenvalue weighted by Gasteiger charge is 2.39. The number of likely N-dealkylation sites (tertiary alicyclic amines) is 1. The summed E-state index contributed by atoms with van der Waals surface area (Å²) in [6.45, 7) is 3.43. The molecule has 2 aliphatic rings. The second kappa shape index (κ2) is 7.32. The molecule has 2 amide bonds. The first-order valence-electron chi connectivity index (χ1n) is 8.00. The number of carbonyl (C=O) groups excluding carboxylic acids is 2. The topological polar surface area (TPSA) is 75.4 Å². The summed E-state index contributed by atoms with van der Waals surface area (Å²) in [5, 5.41) is 2.91. The minimum atomic E-state index is -0.00830.